The summed E-state index contributed by atoms with van der Waals surface area (Å²) in [7, 11) is -2.79. The number of aliphatic hydroxyl groups excluding tert-OH is 1. The average Bonchev–Trinajstić information content (AvgIpc) is 2.54. The molecule has 2 fully saturated rings. The molecule has 15 heavy (non-hydrogen) atoms. The van der Waals surface area contributed by atoms with Crippen molar-refractivity contribution >= 4 is 22.2 Å². The van der Waals surface area contributed by atoms with Gasteiger partial charge in [-0.2, -0.15) is 0 Å². The number of nitrogens with one attached hydrogen (secondary N) is 1. The predicted molar refractivity (Wildman–Crippen MR) is 61.0 cm³/mol. The lowest BCUT2D eigenvalue weighted by Gasteiger charge is -2.37. The Balaban J connectivity index is 0.00000112. The van der Waals surface area contributed by atoms with Gasteiger partial charge in [0.25, 0.3) is 0 Å². The maximum absolute atomic E-state index is 11.3. The number of halogens is 1. The van der Waals surface area contributed by atoms with E-state index in [1.165, 1.54) is 0 Å². The molecule has 0 aromatic rings. The average molecular weight is 256 g/mol. The summed E-state index contributed by atoms with van der Waals surface area (Å²) in [6, 6.07) is 0. The normalized spacial score (nSPS) is 32.5. The first-order valence-electron chi connectivity index (χ1n) is 5.10. The highest BCUT2D eigenvalue weighted by Crippen LogP contribution is 2.41. The van der Waals surface area contributed by atoms with Gasteiger partial charge in [-0.1, -0.05) is 0 Å². The summed E-state index contributed by atoms with van der Waals surface area (Å²) in [5, 5.41) is 12.5. The van der Waals surface area contributed by atoms with Gasteiger partial charge in [-0.05, 0) is 18.3 Å². The molecule has 1 atom stereocenters. The van der Waals surface area contributed by atoms with Gasteiger partial charge in [-0.3, -0.25) is 0 Å². The molecule has 0 amide bonds. The fourth-order valence-electron chi connectivity index (χ4n) is 2.64. The highest BCUT2D eigenvalue weighted by Gasteiger charge is 2.45. The number of hydrogen-bond acceptors (Lipinski definition) is 4. The van der Waals surface area contributed by atoms with E-state index >= 15 is 0 Å². The van der Waals surface area contributed by atoms with E-state index in [4.69, 9.17) is 0 Å². The molecule has 6 heteroatoms. The number of aliphatic hydroxyl groups is 1. The van der Waals surface area contributed by atoms with Gasteiger partial charge in [0.05, 0.1) is 11.5 Å². The van der Waals surface area contributed by atoms with Gasteiger partial charge in [0.2, 0.25) is 0 Å². The van der Waals surface area contributed by atoms with E-state index in [0.29, 0.717) is 24.3 Å². The van der Waals surface area contributed by atoms with Crippen molar-refractivity contribution in [3.63, 3.8) is 0 Å². The summed E-state index contributed by atoms with van der Waals surface area (Å²) in [6.07, 6.45) is 1.43. The summed E-state index contributed by atoms with van der Waals surface area (Å²) in [5.41, 5.74) is 0.0556. The van der Waals surface area contributed by atoms with Crippen LogP contribution in [0.5, 0.6) is 0 Å². The van der Waals surface area contributed by atoms with E-state index in [0.717, 1.165) is 13.1 Å². The van der Waals surface area contributed by atoms with Gasteiger partial charge in [-0.25, -0.2) is 8.42 Å². The van der Waals surface area contributed by atoms with Crippen molar-refractivity contribution < 1.29 is 13.5 Å². The van der Waals surface area contributed by atoms with E-state index < -0.39 is 9.84 Å². The Morgan fingerprint density at radius 1 is 1.33 bits per heavy atom. The maximum atomic E-state index is 11.3. The fraction of sp³-hybridized carbons (Fsp3) is 1.00. The van der Waals surface area contributed by atoms with Gasteiger partial charge in [0.15, 0.2) is 0 Å². The van der Waals surface area contributed by atoms with Crippen molar-refractivity contribution in [2.45, 2.75) is 12.8 Å². The third-order valence-electron chi connectivity index (χ3n) is 3.78. The Bertz CT molecular complexity index is 303. The Morgan fingerprint density at radius 2 is 1.93 bits per heavy atom. The van der Waals surface area contributed by atoms with Crippen molar-refractivity contribution in [1.29, 1.82) is 0 Å². The van der Waals surface area contributed by atoms with Gasteiger partial charge >= 0.3 is 0 Å². The van der Waals surface area contributed by atoms with Crippen LogP contribution in [0.3, 0.4) is 0 Å². The van der Waals surface area contributed by atoms with Crippen molar-refractivity contribution in [1.82, 2.24) is 5.32 Å². The van der Waals surface area contributed by atoms with Crippen LogP contribution in [0.25, 0.3) is 0 Å². The quantitative estimate of drug-likeness (QED) is 0.682. The molecule has 2 saturated heterocycles. The molecular weight excluding hydrogens is 238 g/mol. The molecule has 2 rings (SSSR count). The van der Waals surface area contributed by atoms with Gasteiger partial charge < -0.3 is 10.4 Å². The molecule has 2 heterocycles. The lowest BCUT2D eigenvalue weighted by atomic mass is 9.74. The highest BCUT2D eigenvalue weighted by atomic mass is 35.5. The molecular formula is C9H18ClNO3S. The highest BCUT2D eigenvalue weighted by molar-refractivity contribution is 7.91. The van der Waals surface area contributed by atoms with E-state index in [1.54, 1.807) is 0 Å². The predicted octanol–water partition coefficient (Wildman–Crippen LogP) is -0.185. The Labute approximate surface area is 96.8 Å². The van der Waals surface area contributed by atoms with E-state index in [2.05, 4.69) is 5.32 Å². The second-order valence-electron chi connectivity index (χ2n) is 4.52. The summed E-state index contributed by atoms with van der Waals surface area (Å²) in [5.74, 6) is 0.842. The van der Waals surface area contributed by atoms with E-state index in [1.807, 2.05) is 0 Å². The monoisotopic (exact) mass is 255 g/mol. The van der Waals surface area contributed by atoms with Crippen molar-refractivity contribution in [3.8, 4) is 0 Å². The van der Waals surface area contributed by atoms with Crippen LogP contribution in [0, 0.1) is 11.3 Å². The summed E-state index contributed by atoms with van der Waals surface area (Å²) < 4.78 is 22.6. The maximum Gasteiger partial charge on any atom is 0.150 e. The summed E-state index contributed by atoms with van der Waals surface area (Å²) in [6.45, 7) is 1.87. The summed E-state index contributed by atoms with van der Waals surface area (Å²) in [4.78, 5) is 0. The zero-order chi connectivity index (χ0) is 10.2. The van der Waals surface area contributed by atoms with Gasteiger partial charge in [-0.15, -0.1) is 12.4 Å². The van der Waals surface area contributed by atoms with Crippen LogP contribution in [0.1, 0.15) is 12.8 Å². The molecule has 0 aliphatic carbocycles. The molecule has 0 aromatic heterocycles. The topological polar surface area (TPSA) is 66.4 Å². The molecule has 2 N–H and O–H groups in total. The van der Waals surface area contributed by atoms with Crippen molar-refractivity contribution in [2.75, 3.05) is 31.2 Å². The largest absolute Gasteiger partial charge is 0.396 e. The van der Waals surface area contributed by atoms with Crippen LogP contribution in [-0.2, 0) is 9.84 Å². The number of rotatable bonds is 1. The van der Waals surface area contributed by atoms with Crippen LogP contribution in [0.15, 0.2) is 0 Å². The van der Waals surface area contributed by atoms with Crippen LogP contribution in [-0.4, -0.2) is 44.7 Å². The second kappa shape index (κ2) is 4.57. The molecule has 4 nitrogen and oxygen atoms in total. The minimum Gasteiger partial charge on any atom is -0.396 e. The van der Waals surface area contributed by atoms with E-state index in [-0.39, 0.29) is 30.3 Å². The van der Waals surface area contributed by atoms with Crippen LogP contribution < -0.4 is 5.32 Å². The molecule has 90 valence electrons. The van der Waals surface area contributed by atoms with Crippen LogP contribution in [0.4, 0.5) is 0 Å². The van der Waals surface area contributed by atoms with Crippen LogP contribution in [0.2, 0.25) is 0 Å². The number of hydrogen-bond donors (Lipinski definition) is 2. The minimum absolute atomic E-state index is 0. The lowest BCUT2D eigenvalue weighted by Crippen LogP contribution is -2.40. The van der Waals surface area contributed by atoms with Crippen LogP contribution >= 0.6 is 12.4 Å². The zero-order valence-corrected chi connectivity index (χ0v) is 10.2. The first-order valence-corrected chi connectivity index (χ1v) is 6.92. The Morgan fingerprint density at radius 3 is 2.47 bits per heavy atom. The second-order valence-corrected chi connectivity index (χ2v) is 6.83. The molecule has 0 bridgehead atoms. The first kappa shape index (κ1) is 13.2. The Kier molecular flexibility index (Phi) is 4.03. The fourth-order valence-corrected chi connectivity index (χ4v) is 4.28. The molecule has 1 unspecified atom stereocenters. The summed E-state index contributed by atoms with van der Waals surface area (Å²) >= 11 is 0. The molecule has 1 spiro atoms. The zero-order valence-electron chi connectivity index (χ0n) is 8.61. The third kappa shape index (κ3) is 2.46. The lowest BCUT2D eigenvalue weighted by molar-refractivity contribution is 0.121. The Hall–Kier alpha value is 0.160. The molecule has 2 aliphatic rings. The molecule has 0 aromatic carbocycles. The molecule has 0 saturated carbocycles. The third-order valence-corrected chi connectivity index (χ3v) is 5.43. The molecule has 2 aliphatic heterocycles. The smallest absolute Gasteiger partial charge is 0.150 e. The molecule has 0 radical (unpaired) electrons. The van der Waals surface area contributed by atoms with Gasteiger partial charge in [0.1, 0.15) is 9.84 Å². The van der Waals surface area contributed by atoms with Crippen molar-refractivity contribution in [2.24, 2.45) is 11.3 Å². The van der Waals surface area contributed by atoms with Gasteiger partial charge in [0, 0.05) is 25.6 Å². The number of sulfone groups is 1. The SMILES string of the molecule is Cl.O=S1(=O)CCC2(CC1)CNCC2CO. The first-order chi connectivity index (χ1) is 6.58. The van der Waals surface area contributed by atoms with Crippen molar-refractivity contribution in [3.05, 3.63) is 0 Å². The van der Waals surface area contributed by atoms with E-state index in [9.17, 15) is 13.5 Å². The minimum atomic E-state index is -2.79. The standard InChI is InChI=1S/C9H17NO3S.ClH/c11-6-8-5-10-7-9(8)1-3-14(12,13)4-2-9;/h8,10-11H,1-7H2;1H.